The van der Waals surface area contributed by atoms with Gasteiger partial charge in [-0.2, -0.15) is 0 Å². The molecule has 6 heteroatoms. The lowest BCUT2D eigenvalue weighted by Gasteiger charge is -2.18. The third kappa shape index (κ3) is 61.9. The molecule has 0 radical (unpaired) electrons. The molecule has 0 fully saturated rings. The summed E-state index contributed by atoms with van der Waals surface area (Å²) in [7, 11) is 0. The van der Waals surface area contributed by atoms with Crippen molar-refractivity contribution >= 4 is 17.9 Å². The van der Waals surface area contributed by atoms with E-state index in [1.165, 1.54) is 64.2 Å². The van der Waals surface area contributed by atoms with E-state index in [1.807, 2.05) is 0 Å². The Labute approximate surface area is 480 Å². The van der Waals surface area contributed by atoms with Gasteiger partial charge in [-0.15, -0.1) is 0 Å². The first kappa shape index (κ1) is 73.0. The maximum Gasteiger partial charge on any atom is 0.306 e. The van der Waals surface area contributed by atoms with E-state index < -0.39 is 6.10 Å². The van der Waals surface area contributed by atoms with Gasteiger partial charge in [0.25, 0.3) is 0 Å². The van der Waals surface area contributed by atoms with E-state index in [2.05, 4.69) is 179 Å². The molecular weight excluding hydrogens is 961 g/mol. The highest BCUT2D eigenvalue weighted by Crippen LogP contribution is 2.14. The maximum atomic E-state index is 12.9. The smallest absolute Gasteiger partial charge is 0.306 e. The van der Waals surface area contributed by atoms with Gasteiger partial charge in [0.1, 0.15) is 13.2 Å². The molecule has 0 spiro atoms. The fourth-order valence-corrected chi connectivity index (χ4v) is 8.10. The fourth-order valence-electron chi connectivity index (χ4n) is 8.10. The van der Waals surface area contributed by atoms with Crippen LogP contribution in [-0.2, 0) is 28.6 Å². The molecule has 1 atom stereocenters. The normalized spacial score (nSPS) is 13.2. The number of carbonyl (C=O) groups excluding carboxylic acids is 3. The molecule has 0 N–H and O–H groups in total. The van der Waals surface area contributed by atoms with Crippen LogP contribution >= 0.6 is 0 Å². The van der Waals surface area contributed by atoms with Crippen LogP contribution < -0.4 is 0 Å². The molecule has 0 bridgehead atoms. The summed E-state index contributed by atoms with van der Waals surface area (Å²) >= 11 is 0. The molecule has 0 aromatic heterocycles. The highest BCUT2D eigenvalue weighted by molar-refractivity contribution is 5.71. The molecule has 0 aromatic carbocycles. The average Bonchev–Trinajstić information content (AvgIpc) is 3.44. The molecule has 1 unspecified atom stereocenters. The number of unbranched alkanes of at least 4 members (excludes halogenated alkanes) is 18. The number of ether oxygens (including phenoxy) is 3. The zero-order valence-corrected chi connectivity index (χ0v) is 50.1. The van der Waals surface area contributed by atoms with Crippen LogP contribution in [0.3, 0.4) is 0 Å². The fraction of sp³-hybridized carbons (Fsp3) is 0.597. The van der Waals surface area contributed by atoms with Crippen molar-refractivity contribution in [3.8, 4) is 0 Å². The lowest BCUT2D eigenvalue weighted by molar-refractivity contribution is -0.167. The number of esters is 3. The molecule has 6 nitrogen and oxygen atoms in total. The Kier molecular flexibility index (Phi) is 60.4. The Morgan fingerprint density at radius 2 is 0.513 bits per heavy atom. The molecule has 0 aliphatic rings. The van der Waals surface area contributed by atoms with Crippen LogP contribution in [0.4, 0.5) is 0 Å². The summed E-state index contributed by atoms with van der Waals surface area (Å²) in [5, 5.41) is 0. The Morgan fingerprint density at radius 1 is 0.269 bits per heavy atom. The molecule has 0 aliphatic carbocycles. The number of allylic oxidation sites excluding steroid dienone is 26. The van der Waals surface area contributed by atoms with Gasteiger partial charge in [0, 0.05) is 19.3 Å². The van der Waals surface area contributed by atoms with E-state index >= 15 is 0 Å². The Hall–Kier alpha value is -4.97. The third-order valence-electron chi connectivity index (χ3n) is 12.7. The van der Waals surface area contributed by atoms with Crippen molar-refractivity contribution in [2.24, 2.45) is 0 Å². The van der Waals surface area contributed by atoms with Crippen LogP contribution in [0.25, 0.3) is 0 Å². The van der Waals surface area contributed by atoms with Gasteiger partial charge >= 0.3 is 17.9 Å². The summed E-state index contributed by atoms with van der Waals surface area (Å²) in [6, 6.07) is 0. The van der Waals surface area contributed by atoms with Gasteiger partial charge in [0.2, 0.25) is 0 Å². The number of carbonyl (C=O) groups is 3. The SMILES string of the molecule is CC/C=C\C/C=C\C/C=C\C/C=C\C/C=C\C/C=C\CCCCCCCCCCC(=O)OCC(COC(=O)CCCCCCC/C=C\C/C=C\CCCCCC)OC(=O)CCC/C=C\C/C=C\C/C=C\C/C=C\C/C=C\CC. The summed E-state index contributed by atoms with van der Waals surface area (Å²) in [5.41, 5.74) is 0. The molecule has 0 heterocycles. The van der Waals surface area contributed by atoms with Crippen LogP contribution in [0.1, 0.15) is 258 Å². The molecule has 0 aliphatic heterocycles. The zero-order valence-electron chi connectivity index (χ0n) is 50.1. The maximum absolute atomic E-state index is 12.9. The van der Waals surface area contributed by atoms with Crippen LogP contribution in [0.5, 0.6) is 0 Å². The second-order valence-electron chi connectivity index (χ2n) is 20.2. The quantitative estimate of drug-likeness (QED) is 0.0261. The van der Waals surface area contributed by atoms with Gasteiger partial charge in [-0.1, -0.05) is 256 Å². The first-order valence-corrected chi connectivity index (χ1v) is 31.5. The van der Waals surface area contributed by atoms with Crippen LogP contribution in [0.15, 0.2) is 158 Å². The topological polar surface area (TPSA) is 78.9 Å². The van der Waals surface area contributed by atoms with Crippen molar-refractivity contribution in [3.05, 3.63) is 158 Å². The van der Waals surface area contributed by atoms with Crippen molar-refractivity contribution in [1.29, 1.82) is 0 Å². The lowest BCUT2D eigenvalue weighted by Crippen LogP contribution is -2.30. The lowest BCUT2D eigenvalue weighted by atomic mass is 10.1. The highest BCUT2D eigenvalue weighted by Gasteiger charge is 2.19. The molecule has 0 rings (SSSR count). The number of rotatable bonds is 55. The van der Waals surface area contributed by atoms with Crippen molar-refractivity contribution in [2.75, 3.05) is 13.2 Å². The minimum atomic E-state index is -0.826. The van der Waals surface area contributed by atoms with E-state index in [1.54, 1.807) is 0 Å². The van der Waals surface area contributed by atoms with Gasteiger partial charge < -0.3 is 14.2 Å². The van der Waals surface area contributed by atoms with Crippen LogP contribution in [0.2, 0.25) is 0 Å². The minimum Gasteiger partial charge on any atom is -0.462 e. The average molecular weight is 1080 g/mol. The number of hydrogen-bond donors (Lipinski definition) is 0. The van der Waals surface area contributed by atoms with Crippen molar-refractivity contribution in [1.82, 2.24) is 0 Å². The van der Waals surface area contributed by atoms with Gasteiger partial charge in [-0.05, 0) is 141 Å². The molecule has 0 saturated heterocycles. The van der Waals surface area contributed by atoms with Crippen molar-refractivity contribution in [3.63, 3.8) is 0 Å². The monoisotopic (exact) mass is 1070 g/mol. The standard InChI is InChI=1S/C72H114O6/c1-4-7-10-13-16-19-22-25-28-31-32-33-34-35-36-37-38-39-40-42-44-47-50-53-56-59-62-65-71(74)77-68-69(67-76-70(73)64-61-58-55-52-49-46-43-30-27-24-21-18-15-12-9-6-3)78-72(75)66-63-60-57-54-51-48-45-41-29-26-23-20-17-14-11-8-5-2/h7-8,10-11,16-17,19-21,24-26,28-30,32-33,35-36,38-39,43,45,48,54,57,69H,4-6,9,12-15,18,22-23,27,31,34,37,40-42,44,46-47,49-53,55-56,58-68H2,1-3H3/b10-7-,11-8-,19-16-,20-17-,24-21-,28-25-,29-26-,33-32-,36-35-,39-38-,43-30-,48-45-,57-54-. The first-order valence-electron chi connectivity index (χ1n) is 31.5. The second-order valence-corrected chi connectivity index (χ2v) is 20.2. The van der Waals surface area contributed by atoms with Crippen LogP contribution in [0, 0.1) is 0 Å². The van der Waals surface area contributed by atoms with Crippen molar-refractivity contribution < 1.29 is 28.6 Å². The molecular formula is C72H114O6. The van der Waals surface area contributed by atoms with Crippen LogP contribution in [-0.4, -0.2) is 37.2 Å². The summed E-state index contributed by atoms with van der Waals surface area (Å²) < 4.78 is 16.8. The van der Waals surface area contributed by atoms with E-state index in [0.29, 0.717) is 19.3 Å². The third-order valence-corrected chi connectivity index (χ3v) is 12.7. The summed E-state index contributed by atoms with van der Waals surface area (Å²) in [4.78, 5) is 38.3. The highest BCUT2D eigenvalue weighted by atomic mass is 16.6. The second kappa shape index (κ2) is 64.6. The zero-order chi connectivity index (χ0) is 56.4. The van der Waals surface area contributed by atoms with E-state index in [-0.39, 0.29) is 37.5 Å². The molecule has 0 aromatic rings. The molecule has 78 heavy (non-hydrogen) atoms. The van der Waals surface area contributed by atoms with Gasteiger partial charge in [-0.25, -0.2) is 0 Å². The Balaban J connectivity index is 4.47. The van der Waals surface area contributed by atoms with Gasteiger partial charge in [0.05, 0.1) is 0 Å². The summed E-state index contributed by atoms with van der Waals surface area (Å²) in [5.74, 6) is -1.00. The molecule has 438 valence electrons. The predicted molar refractivity (Wildman–Crippen MR) is 338 cm³/mol. The summed E-state index contributed by atoms with van der Waals surface area (Å²) in [6.45, 7) is 6.32. The van der Waals surface area contributed by atoms with Gasteiger partial charge in [0.15, 0.2) is 6.10 Å². The van der Waals surface area contributed by atoms with Crippen molar-refractivity contribution in [2.45, 2.75) is 264 Å². The summed E-state index contributed by atoms with van der Waals surface area (Å²) in [6.07, 6.45) is 93.9. The Morgan fingerprint density at radius 3 is 0.821 bits per heavy atom. The number of hydrogen-bond acceptors (Lipinski definition) is 6. The van der Waals surface area contributed by atoms with Gasteiger partial charge in [-0.3, -0.25) is 14.4 Å². The van der Waals surface area contributed by atoms with E-state index in [0.717, 1.165) is 148 Å². The largest absolute Gasteiger partial charge is 0.462 e. The molecule has 0 amide bonds. The molecule has 0 saturated carbocycles. The Bertz CT molecular complexity index is 1760. The minimum absolute atomic E-state index is 0.116. The van der Waals surface area contributed by atoms with E-state index in [4.69, 9.17) is 14.2 Å². The van der Waals surface area contributed by atoms with E-state index in [9.17, 15) is 14.4 Å². The predicted octanol–water partition coefficient (Wildman–Crippen LogP) is 21.7. The first-order chi connectivity index (χ1) is 38.5.